The van der Waals surface area contributed by atoms with Crippen molar-refractivity contribution in [1.29, 1.82) is 0 Å². The molecule has 5 heteroatoms. The Kier molecular flexibility index (Phi) is 5.34. The number of rotatable bonds is 4. The number of nitrogens with zero attached hydrogens (tertiary/aromatic N) is 1. The first-order valence-corrected chi connectivity index (χ1v) is 9.74. The lowest BCUT2D eigenvalue weighted by Crippen LogP contribution is -2.48. The summed E-state index contributed by atoms with van der Waals surface area (Å²) in [5.41, 5.74) is 7.81. The van der Waals surface area contributed by atoms with Gasteiger partial charge in [-0.05, 0) is 31.2 Å². The predicted molar refractivity (Wildman–Crippen MR) is 96.6 cm³/mol. The largest absolute Gasteiger partial charge is 0.373 e. The molecule has 3 unspecified atom stereocenters. The van der Waals surface area contributed by atoms with Crippen LogP contribution in [0.4, 0.5) is 0 Å². The van der Waals surface area contributed by atoms with Crippen LogP contribution < -0.4 is 10.9 Å². The summed E-state index contributed by atoms with van der Waals surface area (Å²) >= 11 is 0. The van der Waals surface area contributed by atoms with Crippen LogP contribution in [0, 0.1) is 11.8 Å². The summed E-state index contributed by atoms with van der Waals surface area (Å²) in [6, 6.07) is 10.8. The van der Waals surface area contributed by atoms with Crippen molar-refractivity contribution in [3.05, 3.63) is 35.9 Å². The first kappa shape index (κ1) is 17.0. The smallest absolute Gasteiger partial charge is 0.226 e. The number of fused-ring (bicyclic) bond motifs is 1. The third-order valence-electron chi connectivity index (χ3n) is 6.09. The molecule has 3 atom stereocenters. The molecule has 0 radical (unpaired) electrons. The van der Waals surface area contributed by atoms with E-state index < -0.39 is 0 Å². The highest BCUT2D eigenvalue weighted by molar-refractivity contribution is 5.79. The first-order chi connectivity index (χ1) is 12.3. The number of carbonyl (C=O) groups is 1. The minimum Gasteiger partial charge on any atom is -0.373 e. The van der Waals surface area contributed by atoms with Crippen LogP contribution in [0.2, 0.25) is 0 Å². The number of likely N-dealkylation sites (tertiary alicyclic amines) is 1. The van der Waals surface area contributed by atoms with E-state index in [1.807, 2.05) is 18.2 Å². The first-order valence-electron chi connectivity index (χ1n) is 9.74. The van der Waals surface area contributed by atoms with Crippen molar-refractivity contribution in [2.24, 2.45) is 11.8 Å². The molecule has 0 bridgehead atoms. The molecule has 1 aliphatic carbocycles. The summed E-state index contributed by atoms with van der Waals surface area (Å²) in [6.45, 7) is 3.28. The molecule has 1 saturated carbocycles. The maximum atomic E-state index is 13.0. The third-order valence-corrected chi connectivity index (χ3v) is 6.09. The van der Waals surface area contributed by atoms with E-state index in [2.05, 4.69) is 27.9 Å². The van der Waals surface area contributed by atoms with Gasteiger partial charge in [-0.15, -0.1) is 0 Å². The van der Waals surface area contributed by atoms with Crippen molar-refractivity contribution >= 4 is 5.91 Å². The molecule has 0 aromatic heterocycles. The SMILES string of the molecule is O=C(C1CCCC2NNCC21)N1CCC(OCc2ccccc2)CC1. The molecule has 4 rings (SSSR count). The Hall–Kier alpha value is -1.43. The minimum absolute atomic E-state index is 0.197. The second kappa shape index (κ2) is 7.85. The van der Waals surface area contributed by atoms with Gasteiger partial charge >= 0.3 is 0 Å². The number of hydrazine groups is 1. The average molecular weight is 343 g/mol. The average Bonchev–Trinajstić information content (AvgIpc) is 3.16. The van der Waals surface area contributed by atoms with Gasteiger partial charge in [-0.2, -0.15) is 0 Å². The normalized spacial score (nSPS) is 30.2. The van der Waals surface area contributed by atoms with Crippen LogP contribution in [0.25, 0.3) is 0 Å². The number of hydrogen-bond acceptors (Lipinski definition) is 4. The summed E-state index contributed by atoms with van der Waals surface area (Å²) in [6.07, 6.45) is 5.58. The molecule has 2 aliphatic heterocycles. The van der Waals surface area contributed by atoms with Crippen LogP contribution >= 0.6 is 0 Å². The van der Waals surface area contributed by atoms with Gasteiger partial charge in [0.05, 0.1) is 12.7 Å². The Morgan fingerprint density at radius 1 is 1.12 bits per heavy atom. The quantitative estimate of drug-likeness (QED) is 0.879. The van der Waals surface area contributed by atoms with Crippen molar-refractivity contribution in [1.82, 2.24) is 15.8 Å². The Labute approximate surface area is 150 Å². The maximum Gasteiger partial charge on any atom is 0.226 e. The van der Waals surface area contributed by atoms with E-state index in [9.17, 15) is 4.79 Å². The van der Waals surface area contributed by atoms with E-state index in [1.165, 1.54) is 12.0 Å². The molecule has 2 heterocycles. The molecule has 25 heavy (non-hydrogen) atoms. The highest BCUT2D eigenvalue weighted by Crippen LogP contribution is 2.34. The van der Waals surface area contributed by atoms with E-state index in [1.54, 1.807) is 0 Å². The number of amides is 1. The third kappa shape index (κ3) is 3.89. The van der Waals surface area contributed by atoms with Gasteiger partial charge in [0.25, 0.3) is 0 Å². The Balaban J connectivity index is 1.26. The van der Waals surface area contributed by atoms with Crippen molar-refractivity contribution in [2.45, 2.75) is 50.9 Å². The van der Waals surface area contributed by atoms with Crippen molar-refractivity contribution in [3.63, 3.8) is 0 Å². The van der Waals surface area contributed by atoms with Crippen molar-refractivity contribution in [3.8, 4) is 0 Å². The van der Waals surface area contributed by atoms with Crippen LogP contribution in [0.3, 0.4) is 0 Å². The number of piperidine rings is 1. The number of hydrogen-bond donors (Lipinski definition) is 2. The Morgan fingerprint density at radius 2 is 1.92 bits per heavy atom. The van der Waals surface area contributed by atoms with E-state index in [0.717, 1.165) is 45.3 Å². The molecular formula is C20H29N3O2. The Morgan fingerprint density at radius 3 is 2.72 bits per heavy atom. The molecule has 136 valence electrons. The molecule has 1 aromatic carbocycles. The fraction of sp³-hybridized carbons (Fsp3) is 0.650. The second-order valence-electron chi connectivity index (χ2n) is 7.65. The van der Waals surface area contributed by atoms with Crippen LogP contribution in [0.1, 0.15) is 37.7 Å². The highest BCUT2D eigenvalue weighted by atomic mass is 16.5. The predicted octanol–water partition coefficient (Wildman–Crippen LogP) is 2.09. The van der Waals surface area contributed by atoms with E-state index in [4.69, 9.17) is 4.74 Å². The zero-order chi connectivity index (χ0) is 17.1. The summed E-state index contributed by atoms with van der Waals surface area (Å²) < 4.78 is 6.05. The van der Waals surface area contributed by atoms with Crippen molar-refractivity contribution < 1.29 is 9.53 Å². The van der Waals surface area contributed by atoms with E-state index in [-0.39, 0.29) is 12.0 Å². The zero-order valence-electron chi connectivity index (χ0n) is 14.8. The lowest BCUT2D eigenvalue weighted by molar-refractivity contribution is -0.141. The molecule has 2 N–H and O–H groups in total. The molecule has 3 aliphatic rings. The molecular weight excluding hydrogens is 314 g/mol. The minimum atomic E-state index is 0.197. The summed E-state index contributed by atoms with van der Waals surface area (Å²) in [7, 11) is 0. The molecule has 2 saturated heterocycles. The summed E-state index contributed by atoms with van der Waals surface area (Å²) in [4.78, 5) is 15.1. The standard InChI is InChI=1S/C20H29N3O2/c24-20(17-7-4-8-19-18(17)13-21-22-19)23-11-9-16(10-12-23)25-14-15-5-2-1-3-6-15/h1-3,5-6,16-19,21-22H,4,7-14H2. The van der Waals surface area contributed by atoms with Gasteiger partial charge in [0.15, 0.2) is 0 Å². The summed E-state index contributed by atoms with van der Waals surface area (Å²) in [5.74, 6) is 1.04. The fourth-order valence-electron chi connectivity index (χ4n) is 4.61. The molecule has 0 spiro atoms. The molecule has 5 nitrogen and oxygen atoms in total. The number of carbonyl (C=O) groups excluding carboxylic acids is 1. The number of ether oxygens (including phenoxy) is 1. The Bertz CT molecular complexity index is 572. The van der Waals surface area contributed by atoms with Gasteiger partial charge < -0.3 is 9.64 Å². The maximum absolute atomic E-state index is 13.0. The van der Waals surface area contributed by atoms with Gasteiger partial charge in [-0.3, -0.25) is 15.6 Å². The summed E-state index contributed by atoms with van der Waals surface area (Å²) in [5, 5.41) is 0. The van der Waals surface area contributed by atoms with Gasteiger partial charge in [0.2, 0.25) is 5.91 Å². The lowest BCUT2D eigenvalue weighted by Gasteiger charge is -2.38. The second-order valence-corrected chi connectivity index (χ2v) is 7.65. The van der Waals surface area contributed by atoms with Crippen LogP contribution in [-0.4, -0.2) is 42.6 Å². The van der Waals surface area contributed by atoms with Crippen LogP contribution in [-0.2, 0) is 16.1 Å². The van der Waals surface area contributed by atoms with Gasteiger partial charge in [-0.25, -0.2) is 0 Å². The van der Waals surface area contributed by atoms with Crippen LogP contribution in [0.5, 0.6) is 0 Å². The van der Waals surface area contributed by atoms with Gasteiger partial charge in [0.1, 0.15) is 0 Å². The number of nitrogens with one attached hydrogen (secondary N) is 2. The van der Waals surface area contributed by atoms with Gasteiger partial charge in [-0.1, -0.05) is 36.8 Å². The zero-order valence-corrected chi connectivity index (χ0v) is 14.8. The molecule has 3 fully saturated rings. The number of benzene rings is 1. The lowest BCUT2D eigenvalue weighted by atomic mass is 9.76. The van der Waals surface area contributed by atoms with Crippen molar-refractivity contribution in [2.75, 3.05) is 19.6 Å². The van der Waals surface area contributed by atoms with E-state index in [0.29, 0.717) is 24.5 Å². The van der Waals surface area contributed by atoms with Crippen LogP contribution in [0.15, 0.2) is 30.3 Å². The molecule has 1 amide bonds. The topological polar surface area (TPSA) is 53.6 Å². The molecule has 1 aromatic rings. The highest BCUT2D eigenvalue weighted by Gasteiger charge is 2.42. The van der Waals surface area contributed by atoms with E-state index >= 15 is 0 Å². The monoisotopic (exact) mass is 343 g/mol. The fourth-order valence-corrected chi connectivity index (χ4v) is 4.61. The van der Waals surface area contributed by atoms with Gasteiger partial charge in [0, 0.05) is 37.5 Å².